The van der Waals surface area contributed by atoms with E-state index in [9.17, 15) is 14.7 Å². The van der Waals surface area contributed by atoms with Gasteiger partial charge in [-0.25, -0.2) is 0 Å². The molecule has 2 fully saturated rings. The SMILES string of the molecule is CCCCC(OC(C)=O)C(=O)N1CC(c2ccc(OC)c(OC3CCCC3)c2)C(C)(C(C)O)C1. The first kappa shape index (κ1) is 26.3. The standard InChI is InChI=1S/C27H41NO6/c1-6-7-12-24(33-19(3)30)26(31)28-16-22(27(4,17-28)18(2)29)20-13-14-23(32-5)25(15-20)34-21-10-8-9-11-21/h13-15,18,21-22,24,29H,6-12,16-17H2,1-5H3. The Kier molecular flexibility index (Phi) is 8.85. The molecule has 1 heterocycles. The second-order valence-corrected chi connectivity index (χ2v) is 10.1. The minimum absolute atomic E-state index is 0.0996. The van der Waals surface area contributed by atoms with Gasteiger partial charge in [0.1, 0.15) is 0 Å². The van der Waals surface area contributed by atoms with Gasteiger partial charge in [0, 0.05) is 31.3 Å². The Morgan fingerprint density at radius 2 is 1.94 bits per heavy atom. The molecule has 1 saturated carbocycles. The third-order valence-electron chi connectivity index (χ3n) is 7.59. The van der Waals surface area contributed by atoms with E-state index in [0.717, 1.165) is 31.2 Å². The predicted molar refractivity (Wildman–Crippen MR) is 130 cm³/mol. The van der Waals surface area contributed by atoms with Gasteiger partial charge in [0.2, 0.25) is 0 Å². The number of benzene rings is 1. The fraction of sp³-hybridized carbons (Fsp3) is 0.704. The molecule has 1 N–H and O–H groups in total. The lowest BCUT2D eigenvalue weighted by atomic mass is 9.72. The van der Waals surface area contributed by atoms with E-state index >= 15 is 0 Å². The Balaban J connectivity index is 1.87. The first-order valence-corrected chi connectivity index (χ1v) is 12.7. The number of nitrogens with zero attached hydrogens (tertiary/aromatic N) is 1. The van der Waals surface area contributed by atoms with E-state index in [0.29, 0.717) is 31.0 Å². The number of likely N-dealkylation sites (tertiary alicyclic amines) is 1. The lowest BCUT2D eigenvalue weighted by Gasteiger charge is -2.34. The van der Waals surface area contributed by atoms with Gasteiger partial charge in [-0.3, -0.25) is 9.59 Å². The number of unbranched alkanes of at least 4 members (excludes halogenated alkanes) is 1. The van der Waals surface area contributed by atoms with Crippen molar-refractivity contribution in [1.29, 1.82) is 0 Å². The Labute approximate surface area is 203 Å². The van der Waals surface area contributed by atoms with Gasteiger partial charge in [0.15, 0.2) is 17.6 Å². The predicted octanol–water partition coefficient (Wildman–Crippen LogP) is 4.45. The molecule has 7 nitrogen and oxygen atoms in total. The van der Waals surface area contributed by atoms with Crippen LogP contribution >= 0.6 is 0 Å². The maximum atomic E-state index is 13.4. The molecule has 4 atom stereocenters. The van der Waals surface area contributed by atoms with Gasteiger partial charge in [0.25, 0.3) is 5.91 Å². The summed E-state index contributed by atoms with van der Waals surface area (Å²) in [6, 6.07) is 5.92. The summed E-state index contributed by atoms with van der Waals surface area (Å²) in [5.41, 5.74) is 0.450. The van der Waals surface area contributed by atoms with Crippen LogP contribution in [0.15, 0.2) is 18.2 Å². The number of ether oxygens (including phenoxy) is 3. The van der Waals surface area contributed by atoms with Gasteiger partial charge in [-0.1, -0.05) is 26.3 Å². The molecule has 3 rings (SSSR count). The Hall–Kier alpha value is -2.28. The lowest BCUT2D eigenvalue weighted by Crippen LogP contribution is -2.42. The van der Waals surface area contributed by atoms with Crippen molar-refractivity contribution >= 4 is 11.9 Å². The third-order valence-corrected chi connectivity index (χ3v) is 7.59. The van der Waals surface area contributed by atoms with Crippen LogP contribution in [-0.4, -0.2) is 60.4 Å². The summed E-state index contributed by atoms with van der Waals surface area (Å²) < 4.78 is 17.2. The van der Waals surface area contributed by atoms with E-state index in [-0.39, 0.29) is 17.9 Å². The van der Waals surface area contributed by atoms with Gasteiger partial charge >= 0.3 is 5.97 Å². The van der Waals surface area contributed by atoms with Gasteiger partial charge in [-0.05, 0) is 63.1 Å². The maximum Gasteiger partial charge on any atom is 0.303 e. The van der Waals surface area contributed by atoms with Crippen LogP contribution in [0.3, 0.4) is 0 Å². The van der Waals surface area contributed by atoms with Crippen molar-refractivity contribution in [2.45, 2.75) is 96.9 Å². The van der Waals surface area contributed by atoms with Crippen LogP contribution in [0, 0.1) is 5.41 Å². The summed E-state index contributed by atoms with van der Waals surface area (Å²) >= 11 is 0. The monoisotopic (exact) mass is 475 g/mol. The normalized spacial score (nSPS) is 24.6. The summed E-state index contributed by atoms with van der Waals surface area (Å²) in [4.78, 5) is 26.8. The molecule has 34 heavy (non-hydrogen) atoms. The van der Waals surface area contributed by atoms with Gasteiger partial charge in [-0.15, -0.1) is 0 Å². The smallest absolute Gasteiger partial charge is 0.303 e. The highest BCUT2D eigenvalue weighted by molar-refractivity contribution is 5.84. The Morgan fingerprint density at radius 3 is 2.53 bits per heavy atom. The third kappa shape index (κ3) is 5.85. The van der Waals surface area contributed by atoms with Crippen molar-refractivity contribution in [3.8, 4) is 11.5 Å². The van der Waals surface area contributed by atoms with E-state index in [4.69, 9.17) is 14.2 Å². The first-order chi connectivity index (χ1) is 16.2. The molecule has 0 bridgehead atoms. The average Bonchev–Trinajstić information content (AvgIpc) is 3.44. The molecule has 1 saturated heterocycles. The molecule has 7 heteroatoms. The number of amides is 1. The van der Waals surface area contributed by atoms with E-state index in [2.05, 4.69) is 0 Å². The zero-order valence-electron chi connectivity index (χ0n) is 21.3. The number of carbonyl (C=O) groups is 2. The molecule has 1 amide bonds. The van der Waals surface area contributed by atoms with Crippen LogP contribution in [0.25, 0.3) is 0 Å². The van der Waals surface area contributed by atoms with Crippen LogP contribution in [0.4, 0.5) is 0 Å². The Bertz CT molecular complexity index is 850. The molecule has 1 aliphatic heterocycles. The second kappa shape index (κ2) is 11.4. The summed E-state index contributed by atoms with van der Waals surface area (Å²) in [6.07, 6.45) is 5.41. The number of aliphatic hydroxyl groups excluding tert-OH is 1. The van der Waals surface area contributed by atoms with Crippen molar-refractivity contribution in [3.63, 3.8) is 0 Å². The number of aliphatic hydroxyl groups is 1. The molecule has 0 spiro atoms. The molecule has 0 radical (unpaired) electrons. The van der Waals surface area contributed by atoms with Gasteiger partial charge < -0.3 is 24.2 Å². The second-order valence-electron chi connectivity index (χ2n) is 10.1. The number of hydrogen-bond acceptors (Lipinski definition) is 6. The lowest BCUT2D eigenvalue weighted by molar-refractivity contribution is -0.159. The molecule has 0 aromatic heterocycles. The fourth-order valence-electron chi connectivity index (χ4n) is 5.31. The number of esters is 1. The molecule has 1 aromatic carbocycles. The zero-order valence-corrected chi connectivity index (χ0v) is 21.3. The summed E-state index contributed by atoms with van der Waals surface area (Å²) in [7, 11) is 1.64. The van der Waals surface area contributed by atoms with E-state index in [1.54, 1.807) is 18.9 Å². The molecule has 190 valence electrons. The maximum absolute atomic E-state index is 13.4. The van der Waals surface area contributed by atoms with Crippen LogP contribution in [0.2, 0.25) is 0 Å². The van der Waals surface area contributed by atoms with Crippen molar-refractivity contribution in [2.24, 2.45) is 5.41 Å². The number of rotatable bonds is 10. The molecule has 1 aliphatic carbocycles. The molecule has 1 aromatic rings. The summed E-state index contributed by atoms with van der Waals surface area (Å²) in [5.74, 6) is 0.666. The molecular weight excluding hydrogens is 434 g/mol. The van der Waals surface area contributed by atoms with E-state index in [1.807, 2.05) is 32.0 Å². The highest BCUT2D eigenvalue weighted by Crippen LogP contribution is 2.47. The van der Waals surface area contributed by atoms with Crippen LogP contribution < -0.4 is 9.47 Å². The number of methoxy groups -OCH3 is 1. The zero-order chi connectivity index (χ0) is 24.9. The van der Waals surface area contributed by atoms with Crippen molar-refractivity contribution in [3.05, 3.63) is 23.8 Å². The number of hydrogen-bond donors (Lipinski definition) is 1. The summed E-state index contributed by atoms with van der Waals surface area (Å²) in [6.45, 7) is 8.01. The largest absolute Gasteiger partial charge is 0.493 e. The van der Waals surface area contributed by atoms with Gasteiger partial charge in [-0.2, -0.15) is 0 Å². The van der Waals surface area contributed by atoms with Crippen molar-refractivity contribution < 1.29 is 28.9 Å². The quantitative estimate of drug-likeness (QED) is 0.503. The summed E-state index contributed by atoms with van der Waals surface area (Å²) in [5, 5.41) is 10.8. The van der Waals surface area contributed by atoms with Crippen molar-refractivity contribution in [2.75, 3.05) is 20.2 Å². The minimum Gasteiger partial charge on any atom is -0.493 e. The minimum atomic E-state index is -0.786. The fourth-order valence-corrected chi connectivity index (χ4v) is 5.31. The topological polar surface area (TPSA) is 85.3 Å². The van der Waals surface area contributed by atoms with Crippen molar-refractivity contribution in [1.82, 2.24) is 4.90 Å². The highest BCUT2D eigenvalue weighted by Gasteiger charge is 2.49. The van der Waals surface area contributed by atoms with Gasteiger partial charge in [0.05, 0.1) is 19.3 Å². The Morgan fingerprint density at radius 1 is 1.24 bits per heavy atom. The highest BCUT2D eigenvalue weighted by atomic mass is 16.5. The number of carbonyl (C=O) groups excluding carboxylic acids is 2. The average molecular weight is 476 g/mol. The van der Waals surface area contributed by atoms with Crippen LogP contribution in [0.1, 0.15) is 84.1 Å². The molecular formula is C27H41NO6. The molecule has 2 aliphatic rings. The first-order valence-electron chi connectivity index (χ1n) is 12.7. The van der Waals surface area contributed by atoms with Crippen LogP contribution in [-0.2, 0) is 14.3 Å². The van der Waals surface area contributed by atoms with E-state index < -0.39 is 23.6 Å². The van der Waals surface area contributed by atoms with Crippen LogP contribution in [0.5, 0.6) is 11.5 Å². The van der Waals surface area contributed by atoms with E-state index in [1.165, 1.54) is 19.8 Å². The molecule has 4 unspecified atom stereocenters.